The van der Waals surface area contributed by atoms with Crippen molar-refractivity contribution in [1.29, 1.82) is 0 Å². The van der Waals surface area contributed by atoms with E-state index in [-0.39, 0.29) is 12.3 Å². The van der Waals surface area contributed by atoms with Gasteiger partial charge in [0, 0.05) is 0 Å². The van der Waals surface area contributed by atoms with Crippen molar-refractivity contribution < 1.29 is 14.3 Å². The average molecular weight is 211 g/mol. The molecule has 0 saturated heterocycles. The van der Waals surface area contributed by atoms with Crippen LogP contribution < -0.4 is 5.32 Å². The predicted molar refractivity (Wildman–Crippen MR) is 56.9 cm³/mol. The predicted octanol–water partition coefficient (Wildman–Crippen LogP) is 0.856. The van der Waals surface area contributed by atoms with Gasteiger partial charge in [-0.1, -0.05) is 5.92 Å². The Morgan fingerprint density at radius 3 is 2.40 bits per heavy atom. The number of carbonyl (C=O) groups is 2. The summed E-state index contributed by atoms with van der Waals surface area (Å²) in [5.41, 5.74) is -0.553. The molecule has 15 heavy (non-hydrogen) atoms. The molecule has 0 aromatic rings. The van der Waals surface area contributed by atoms with Crippen molar-refractivity contribution in [3.63, 3.8) is 0 Å². The van der Waals surface area contributed by atoms with E-state index in [1.54, 1.807) is 27.7 Å². The fourth-order valence-corrected chi connectivity index (χ4v) is 0.834. The summed E-state index contributed by atoms with van der Waals surface area (Å²) in [6.07, 6.45) is 4.92. The van der Waals surface area contributed by atoms with E-state index in [4.69, 9.17) is 11.2 Å². The molecule has 0 fully saturated rings. The van der Waals surface area contributed by atoms with Crippen molar-refractivity contribution in [2.45, 2.75) is 45.8 Å². The molecule has 0 aromatic heterocycles. The zero-order chi connectivity index (χ0) is 12.1. The molecular formula is C11H17NO3. The van der Waals surface area contributed by atoms with E-state index >= 15 is 0 Å². The molecule has 0 aliphatic carbocycles. The van der Waals surface area contributed by atoms with Gasteiger partial charge in [0.2, 0.25) is 5.91 Å². The molecule has 1 atom stereocenters. The first-order valence-electron chi connectivity index (χ1n) is 4.72. The van der Waals surface area contributed by atoms with Gasteiger partial charge in [-0.15, -0.1) is 6.42 Å². The number of nitrogens with one attached hydrogen (secondary N) is 1. The minimum absolute atomic E-state index is 0.0346. The van der Waals surface area contributed by atoms with Gasteiger partial charge in [-0.05, 0) is 27.7 Å². The SMILES string of the molecule is C#CCC(=O)N[C@H](C)C(=O)OC(C)(C)C. The normalized spacial score (nSPS) is 12.5. The maximum atomic E-state index is 11.4. The molecule has 84 valence electrons. The molecule has 1 N–H and O–H groups in total. The Morgan fingerprint density at radius 1 is 1.47 bits per heavy atom. The molecule has 0 spiro atoms. The second-order valence-electron chi connectivity index (χ2n) is 4.20. The lowest BCUT2D eigenvalue weighted by Crippen LogP contribution is -2.42. The Labute approximate surface area is 90.4 Å². The first-order valence-corrected chi connectivity index (χ1v) is 4.72. The second-order valence-corrected chi connectivity index (χ2v) is 4.20. The molecule has 4 heteroatoms. The molecule has 0 saturated carbocycles. The monoisotopic (exact) mass is 211 g/mol. The van der Waals surface area contributed by atoms with Crippen LogP contribution in [0.3, 0.4) is 0 Å². The largest absolute Gasteiger partial charge is 0.458 e. The molecule has 0 heterocycles. The summed E-state index contributed by atoms with van der Waals surface area (Å²) in [6.45, 7) is 6.85. The number of terminal acetylenes is 1. The van der Waals surface area contributed by atoms with Crippen molar-refractivity contribution >= 4 is 11.9 Å². The van der Waals surface area contributed by atoms with Gasteiger partial charge in [0.1, 0.15) is 11.6 Å². The molecular weight excluding hydrogens is 194 g/mol. The summed E-state index contributed by atoms with van der Waals surface area (Å²) < 4.78 is 5.07. The quantitative estimate of drug-likeness (QED) is 0.556. The first-order chi connectivity index (χ1) is 6.76. The molecule has 0 radical (unpaired) electrons. The van der Waals surface area contributed by atoms with E-state index in [1.807, 2.05) is 0 Å². The van der Waals surface area contributed by atoms with Crippen molar-refractivity contribution in [3.8, 4) is 12.3 Å². The maximum absolute atomic E-state index is 11.4. The highest BCUT2D eigenvalue weighted by molar-refractivity contribution is 5.85. The Morgan fingerprint density at radius 2 is 2.00 bits per heavy atom. The summed E-state index contributed by atoms with van der Waals surface area (Å²) in [5, 5.41) is 2.45. The molecule has 0 aliphatic heterocycles. The van der Waals surface area contributed by atoms with Crippen LogP contribution in [0, 0.1) is 12.3 Å². The summed E-state index contributed by atoms with van der Waals surface area (Å²) >= 11 is 0. The molecule has 0 rings (SSSR count). The lowest BCUT2D eigenvalue weighted by Gasteiger charge is -2.22. The van der Waals surface area contributed by atoms with Gasteiger partial charge in [-0.3, -0.25) is 4.79 Å². The maximum Gasteiger partial charge on any atom is 0.328 e. The zero-order valence-corrected chi connectivity index (χ0v) is 9.59. The topological polar surface area (TPSA) is 55.4 Å². The van der Waals surface area contributed by atoms with Gasteiger partial charge >= 0.3 is 5.97 Å². The third kappa shape index (κ3) is 6.55. The van der Waals surface area contributed by atoms with Crippen molar-refractivity contribution in [3.05, 3.63) is 0 Å². The third-order valence-electron chi connectivity index (χ3n) is 1.40. The number of carbonyl (C=O) groups excluding carboxylic acids is 2. The van der Waals surface area contributed by atoms with E-state index in [1.165, 1.54) is 0 Å². The summed E-state index contributed by atoms with van der Waals surface area (Å²) in [4.78, 5) is 22.5. The second kappa shape index (κ2) is 5.40. The number of ether oxygens (including phenoxy) is 1. The van der Waals surface area contributed by atoms with Crippen LogP contribution in [0.25, 0.3) is 0 Å². The zero-order valence-electron chi connectivity index (χ0n) is 9.59. The summed E-state index contributed by atoms with van der Waals surface area (Å²) in [6, 6.07) is -0.676. The third-order valence-corrected chi connectivity index (χ3v) is 1.40. The lowest BCUT2D eigenvalue weighted by atomic mass is 10.2. The van der Waals surface area contributed by atoms with Gasteiger partial charge in [0.25, 0.3) is 0 Å². The van der Waals surface area contributed by atoms with Crippen LogP contribution in [0.4, 0.5) is 0 Å². The Balaban J connectivity index is 4.12. The Bertz CT molecular complexity index is 283. The fourth-order valence-electron chi connectivity index (χ4n) is 0.834. The number of rotatable bonds is 3. The highest BCUT2D eigenvalue weighted by atomic mass is 16.6. The number of hydrogen-bond donors (Lipinski definition) is 1. The van der Waals surface area contributed by atoms with Crippen molar-refractivity contribution in [2.75, 3.05) is 0 Å². The number of esters is 1. The van der Waals surface area contributed by atoms with Crippen LogP contribution in [0.2, 0.25) is 0 Å². The highest BCUT2D eigenvalue weighted by Gasteiger charge is 2.22. The van der Waals surface area contributed by atoms with Gasteiger partial charge in [0.05, 0.1) is 6.42 Å². The minimum Gasteiger partial charge on any atom is -0.458 e. The van der Waals surface area contributed by atoms with Crippen LogP contribution in [0.5, 0.6) is 0 Å². The van der Waals surface area contributed by atoms with E-state index in [2.05, 4.69) is 11.2 Å². The van der Waals surface area contributed by atoms with Gasteiger partial charge in [0.15, 0.2) is 0 Å². The van der Waals surface area contributed by atoms with E-state index in [9.17, 15) is 9.59 Å². The van der Waals surface area contributed by atoms with Crippen LogP contribution >= 0.6 is 0 Å². The molecule has 0 bridgehead atoms. The summed E-state index contributed by atoms with van der Waals surface area (Å²) in [7, 11) is 0. The molecule has 4 nitrogen and oxygen atoms in total. The highest BCUT2D eigenvalue weighted by Crippen LogP contribution is 2.08. The minimum atomic E-state index is -0.676. The number of amides is 1. The van der Waals surface area contributed by atoms with Gasteiger partial charge < -0.3 is 10.1 Å². The van der Waals surface area contributed by atoms with E-state index in [0.29, 0.717) is 0 Å². The van der Waals surface area contributed by atoms with Crippen LogP contribution in [-0.2, 0) is 14.3 Å². The van der Waals surface area contributed by atoms with Crippen LogP contribution in [-0.4, -0.2) is 23.5 Å². The van der Waals surface area contributed by atoms with Gasteiger partial charge in [-0.2, -0.15) is 0 Å². The molecule has 0 aromatic carbocycles. The number of hydrogen-bond acceptors (Lipinski definition) is 3. The first kappa shape index (κ1) is 13.5. The van der Waals surface area contributed by atoms with Crippen molar-refractivity contribution in [1.82, 2.24) is 5.32 Å². The van der Waals surface area contributed by atoms with Gasteiger partial charge in [-0.25, -0.2) is 4.79 Å². The smallest absolute Gasteiger partial charge is 0.328 e. The molecule has 0 unspecified atom stereocenters. The Kier molecular flexibility index (Phi) is 4.86. The molecule has 1 amide bonds. The fraction of sp³-hybridized carbons (Fsp3) is 0.636. The van der Waals surface area contributed by atoms with E-state index < -0.39 is 17.6 Å². The van der Waals surface area contributed by atoms with Crippen molar-refractivity contribution in [2.24, 2.45) is 0 Å². The standard InChI is InChI=1S/C11H17NO3/c1-6-7-9(13)12-8(2)10(14)15-11(3,4)5/h1,8H,7H2,2-5H3,(H,12,13)/t8-/m1/s1. The average Bonchev–Trinajstić information content (AvgIpc) is 2.00. The lowest BCUT2D eigenvalue weighted by molar-refractivity contribution is -0.158. The Hall–Kier alpha value is -1.50. The van der Waals surface area contributed by atoms with Crippen LogP contribution in [0.1, 0.15) is 34.1 Å². The summed E-state index contributed by atoms with van der Waals surface area (Å²) in [5.74, 6) is 1.38. The van der Waals surface area contributed by atoms with E-state index in [0.717, 1.165) is 0 Å². The molecule has 0 aliphatic rings. The van der Waals surface area contributed by atoms with Crippen LogP contribution in [0.15, 0.2) is 0 Å².